The number of carbonyl (C=O) groups is 2. The highest BCUT2D eigenvalue weighted by Crippen LogP contribution is 2.35. The number of para-hydroxylation sites is 2. The van der Waals surface area contributed by atoms with Crippen LogP contribution < -0.4 is 16.4 Å². The summed E-state index contributed by atoms with van der Waals surface area (Å²) in [5.41, 5.74) is 13.8. The molecule has 1 aliphatic heterocycles. The van der Waals surface area contributed by atoms with Crippen molar-refractivity contribution in [3.63, 3.8) is 0 Å². The minimum atomic E-state index is -0.434. The Morgan fingerprint density at radius 3 is 1.71 bits per heavy atom. The number of hydrogen-bond donors (Lipinski definition) is 2. The maximum absolute atomic E-state index is 11.8. The third-order valence-electron chi connectivity index (χ3n) is 3.35. The highest BCUT2D eigenvalue weighted by atomic mass is 16.2. The molecular formula is C16H17N3O2. The molecule has 108 valence electrons. The van der Waals surface area contributed by atoms with Crippen LogP contribution in [0, 0.1) is 0 Å². The summed E-state index contributed by atoms with van der Waals surface area (Å²) in [6.07, 6.45) is 2.11. The van der Waals surface area contributed by atoms with Gasteiger partial charge in [-0.15, -0.1) is 0 Å². The number of benzene rings is 2. The maximum atomic E-state index is 11.8. The Morgan fingerprint density at radius 2 is 1.33 bits per heavy atom. The van der Waals surface area contributed by atoms with E-state index < -0.39 is 6.03 Å². The number of fused-ring (bicyclic) bond motifs is 2. The number of hydrogen-bond acceptors (Lipinski definition) is 2. The molecule has 0 atom stereocenters. The van der Waals surface area contributed by atoms with E-state index in [1.165, 1.54) is 0 Å². The quantitative estimate of drug-likeness (QED) is 0.725. The first kappa shape index (κ1) is 14.6. The number of urea groups is 1. The molecule has 5 nitrogen and oxygen atoms in total. The second-order valence-electron chi connectivity index (χ2n) is 4.57. The van der Waals surface area contributed by atoms with Crippen molar-refractivity contribution < 1.29 is 9.59 Å². The zero-order valence-corrected chi connectivity index (χ0v) is 11.5. The number of nitrogens with two attached hydrogens (primary N) is 2. The van der Waals surface area contributed by atoms with Crippen LogP contribution in [0.2, 0.25) is 0 Å². The molecule has 1 aliphatic rings. The molecule has 3 rings (SSSR count). The van der Waals surface area contributed by atoms with E-state index in [0.717, 1.165) is 35.3 Å². The van der Waals surface area contributed by atoms with Crippen LogP contribution in [0.1, 0.15) is 11.1 Å². The minimum absolute atomic E-state index is 0.250. The molecule has 4 N–H and O–H groups in total. The standard InChI is InChI=1S/C15H14N2O.CH3NO/c16-15(18)17-13-7-3-1-5-11(13)9-10-12-6-2-4-8-14(12)17;2-1-3/h1-8H,9-10H2,(H2,16,18);1H,(H2,2,3). The third kappa shape index (κ3) is 3.02. The molecule has 0 saturated carbocycles. The molecule has 21 heavy (non-hydrogen) atoms. The predicted octanol–water partition coefficient (Wildman–Crippen LogP) is 2.10. The van der Waals surface area contributed by atoms with Crippen molar-refractivity contribution in [2.24, 2.45) is 11.5 Å². The summed E-state index contributed by atoms with van der Waals surface area (Å²) in [4.78, 5) is 22.0. The number of nitrogens with zero attached hydrogens (tertiary/aromatic N) is 1. The second kappa shape index (κ2) is 6.56. The first-order chi connectivity index (χ1) is 10.2. The van der Waals surface area contributed by atoms with Gasteiger partial charge in [-0.3, -0.25) is 9.69 Å². The molecule has 5 heteroatoms. The van der Waals surface area contributed by atoms with Gasteiger partial charge in [0.2, 0.25) is 6.41 Å². The number of amides is 3. The molecule has 0 saturated heterocycles. The molecule has 0 spiro atoms. The van der Waals surface area contributed by atoms with Gasteiger partial charge in [0.05, 0.1) is 11.4 Å². The summed E-state index contributed by atoms with van der Waals surface area (Å²) in [6, 6.07) is 15.4. The molecule has 3 amide bonds. The summed E-state index contributed by atoms with van der Waals surface area (Å²) in [5, 5.41) is 0. The lowest BCUT2D eigenvalue weighted by atomic mass is 10.0. The van der Waals surface area contributed by atoms with Gasteiger partial charge in [0.1, 0.15) is 0 Å². The number of primary amides is 2. The van der Waals surface area contributed by atoms with Crippen molar-refractivity contribution in [1.29, 1.82) is 0 Å². The lowest BCUT2D eigenvalue weighted by molar-refractivity contribution is -0.106. The minimum Gasteiger partial charge on any atom is -0.372 e. The lowest BCUT2D eigenvalue weighted by Gasteiger charge is -2.22. The van der Waals surface area contributed by atoms with E-state index in [2.05, 4.69) is 17.9 Å². The van der Waals surface area contributed by atoms with Gasteiger partial charge in [0.25, 0.3) is 0 Å². The summed E-state index contributed by atoms with van der Waals surface area (Å²) in [5.74, 6) is 0. The molecule has 0 fully saturated rings. The fourth-order valence-electron chi connectivity index (χ4n) is 2.52. The van der Waals surface area contributed by atoms with Crippen molar-refractivity contribution >= 4 is 23.8 Å². The lowest BCUT2D eigenvalue weighted by Crippen LogP contribution is -2.32. The molecule has 2 aromatic carbocycles. The summed E-state index contributed by atoms with van der Waals surface area (Å²) < 4.78 is 0. The summed E-state index contributed by atoms with van der Waals surface area (Å²) in [6.45, 7) is 0. The Bertz CT molecular complexity index is 608. The zero-order valence-electron chi connectivity index (χ0n) is 11.5. The van der Waals surface area contributed by atoms with Gasteiger partial charge in [-0.2, -0.15) is 0 Å². The van der Waals surface area contributed by atoms with E-state index in [4.69, 9.17) is 10.5 Å². The molecule has 0 aromatic heterocycles. The molecule has 0 unspecified atom stereocenters. The number of aryl methyl sites for hydroxylation is 2. The summed E-state index contributed by atoms with van der Waals surface area (Å²) >= 11 is 0. The van der Waals surface area contributed by atoms with Gasteiger partial charge in [-0.1, -0.05) is 36.4 Å². The van der Waals surface area contributed by atoms with Gasteiger partial charge >= 0.3 is 6.03 Å². The van der Waals surface area contributed by atoms with Crippen LogP contribution in [0.25, 0.3) is 0 Å². The largest absolute Gasteiger partial charge is 0.372 e. The van der Waals surface area contributed by atoms with E-state index >= 15 is 0 Å². The normalized spacial score (nSPS) is 12.1. The van der Waals surface area contributed by atoms with Crippen LogP contribution in [0.4, 0.5) is 16.2 Å². The van der Waals surface area contributed by atoms with E-state index in [1.54, 1.807) is 4.90 Å². The van der Waals surface area contributed by atoms with Crippen LogP contribution in [0.5, 0.6) is 0 Å². The first-order valence-corrected chi connectivity index (χ1v) is 6.59. The third-order valence-corrected chi connectivity index (χ3v) is 3.35. The smallest absolute Gasteiger partial charge is 0.323 e. The van der Waals surface area contributed by atoms with Crippen molar-refractivity contribution in [2.45, 2.75) is 12.8 Å². The van der Waals surface area contributed by atoms with E-state index in [0.29, 0.717) is 0 Å². The van der Waals surface area contributed by atoms with Crippen molar-refractivity contribution in [3.8, 4) is 0 Å². The molecule has 1 heterocycles. The van der Waals surface area contributed by atoms with Crippen molar-refractivity contribution in [3.05, 3.63) is 59.7 Å². The number of carbonyl (C=O) groups excluding carboxylic acids is 2. The Kier molecular flexibility index (Phi) is 4.56. The molecule has 0 aliphatic carbocycles. The van der Waals surface area contributed by atoms with Gasteiger partial charge in [-0.25, -0.2) is 4.79 Å². The Morgan fingerprint density at radius 1 is 0.952 bits per heavy atom. The van der Waals surface area contributed by atoms with Crippen LogP contribution in [0.3, 0.4) is 0 Å². The van der Waals surface area contributed by atoms with Crippen LogP contribution >= 0.6 is 0 Å². The molecule has 0 radical (unpaired) electrons. The topological polar surface area (TPSA) is 89.4 Å². The molecule has 2 aromatic rings. The Hall–Kier alpha value is -2.82. The van der Waals surface area contributed by atoms with Gasteiger partial charge < -0.3 is 11.5 Å². The fraction of sp³-hybridized carbons (Fsp3) is 0.125. The monoisotopic (exact) mass is 283 g/mol. The van der Waals surface area contributed by atoms with Crippen LogP contribution in [-0.4, -0.2) is 12.4 Å². The Labute approximate surface area is 123 Å². The van der Waals surface area contributed by atoms with Gasteiger partial charge in [0, 0.05) is 0 Å². The van der Waals surface area contributed by atoms with Crippen LogP contribution in [0.15, 0.2) is 48.5 Å². The molecular weight excluding hydrogens is 266 g/mol. The average Bonchev–Trinajstić information content (AvgIpc) is 2.64. The highest BCUT2D eigenvalue weighted by molar-refractivity contribution is 6.00. The number of anilines is 2. The predicted molar refractivity (Wildman–Crippen MR) is 82.3 cm³/mol. The van der Waals surface area contributed by atoms with Crippen LogP contribution in [-0.2, 0) is 17.6 Å². The van der Waals surface area contributed by atoms with Crippen molar-refractivity contribution in [1.82, 2.24) is 0 Å². The maximum Gasteiger partial charge on any atom is 0.323 e. The number of rotatable bonds is 0. The van der Waals surface area contributed by atoms with E-state index in [1.807, 2.05) is 36.4 Å². The van der Waals surface area contributed by atoms with Crippen molar-refractivity contribution in [2.75, 3.05) is 4.90 Å². The summed E-state index contributed by atoms with van der Waals surface area (Å²) in [7, 11) is 0. The van der Waals surface area contributed by atoms with Gasteiger partial charge in [0.15, 0.2) is 0 Å². The van der Waals surface area contributed by atoms with E-state index in [-0.39, 0.29) is 6.41 Å². The zero-order chi connectivity index (χ0) is 15.2. The fourth-order valence-corrected chi connectivity index (χ4v) is 2.52. The SMILES string of the molecule is NC(=O)N1c2ccccc2CCc2ccccc21.NC=O. The Balaban J connectivity index is 0.000000497. The molecule has 0 bridgehead atoms. The van der Waals surface area contributed by atoms with Gasteiger partial charge in [-0.05, 0) is 36.1 Å². The first-order valence-electron chi connectivity index (χ1n) is 6.59. The highest BCUT2D eigenvalue weighted by Gasteiger charge is 2.23. The average molecular weight is 283 g/mol. The van der Waals surface area contributed by atoms with E-state index in [9.17, 15) is 4.79 Å². The second-order valence-corrected chi connectivity index (χ2v) is 4.57.